The van der Waals surface area contributed by atoms with Gasteiger partial charge in [-0.15, -0.1) is 0 Å². The monoisotopic (exact) mass is 604 g/mol. The van der Waals surface area contributed by atoms with Crippen LogP contribution in [-0.4, -0.2) is 4.57 Å². The molecule has 0 bridgehead atoms. The second kappa shape index (κ2) is 10.5. The molecule has 0 amide bonds. The van der Waals surface area contributed by atoms with Gasteiger partial charge in [-0.1, -0.05) is 112 Å². The normalized spacial score (nSPS) is 16.1. The topological polar surface area (TPSA) is 43.6 Å². The number of thiazole rings is 1. The highest BCUT2D eigenvalue weighted by Crippen LogP contribution is 2.41. The summed E-state index contributed by atoms with van der Waals surface area (Å²) in [5, 5.41) is 0. The second-order valence-electron chi connectivity index (χ2n) is 9.98. The summed E-state index contributed by atoms with van der Waals surface area (Å²) in [6.45, 7) is 0.461. The molecule has 0 N–H and O–H groups in total. The van der Waals surface area contributed by atoms with Gasteiger partial charge >= 0.3 is 0 Å². The summed E-state index contributed by atoms with van der Waals surface area (Å²) in [7, 11) is 0. The number of aryl methyl sites for hydroxylation is 1. The van der Waals surface area contributed by atoms with Crippen molar-refractivity contribution in [2.24, 2.45) is 4.99 Å². The number of para-hydroxylation sites is 1. The Balaban J connectivity index is 1.37. The first kappa shape index (κ1) is 25.0. The number of halogens is 1. The first-order chi connectivity index (χ1) is 19.7. The van der Waals surface area contributed by atoms with Gasteiger partial charge in [-0.25, -0.2) is 4.99 Å². The Kier molecular flexibility index (Phi) is 6.58. The first-order valence-corrected chi connectivity index (χ1v) is 14.9. The average molecular weight is 606 g/mol. The van der Waals surface area contributed by atoms with Crippen LogP contribution in [0.15, 0.2) is 123 Å². The number of hydrogen-bond acceptors (Lipinski definition) is 4. The van der Waals surface area contributed by atoms with Crippen molar-refractivity contribution < 1.29 is 4.74 Å². The van der Waals surface area contributed by atoms with Crippen LogP contribution in [0.5, 0.6) is 5.75 Å². The molecule has 6 heteroatoms. The van der Waals surface area contributed by atoms with E-state index in [4.69, 9.17) is 9.73 Å². The zero-order valence-corrected chi connectivity index (χ0v) is 24.0. The molecule has 0 radical (unpaired) electrons. The molecule has 1 aliphatic carbocycles. The van der Waals surface area contributed by atoms with Gasteiger partial charge in [-0.3, -0.25) is 9.36 Å². The molecular weight excluding hydrogens is 580 g/mol. The summed E-state index contributed by atoms with van der Waals surface area (Å²) in [5.74, 6) is 0.745. The zero-order valence-electron chi connectivity index (χ0n) is 21.6. The van der Waals surface area contributed by atoms with Gasteiger partial charge in [0.2, 0.25) is 0 Å². The lowest BCUT2D eigenvalue weighted by Gasteiger charge is -2.30. The number of aromatic nitrogens is 1. The van der Waals surface area contributed by atoms with Gasteiger partial charge in [-0.05, 0) is 59.4 Å². The van der Waals surface area contributed by atoms with E-state index in [-0.39, 0.29) is 11.6 Å². The van der Waals surface area contributed by atoms with Crippen LogP contribution in [0.1, 0.15) is 40.3 Å². The molecule has 40 heavy (non-hydrogen) atoms. The number of hydrogen-bond donors (Lipinski definition) is 0. The van der Waals surface area contributed by atoms with E-state index < -0.39 is 0 Å². The Bertz CT molecular complexity index is 1940. The number of ether oxygens (including phenoxy) is 1. The molecular formula is C34H25BrN2O2S. The minimum Gasteiger partial charge on any atom is -0.488 e. The van der Waals surface area contributed by atoms with Crippen LogP contribution in [0, 0.1) is 0 Å². The molecule has 0 saturated carbocycles. The number of nitrogens with zero attached hydrogens (tertiary/aromatic N) is 2. The van der Waals surface area contributed by atoms with Crippen molar-refractivity contribution in [3.63, 3.8) is 0 Å². The highest BCUT2D eigenvalue weighted by atomic mass is 79.9. The Labute approximate surface area is 244 Å². The quantitative estimate of drug-likeness (QED) is 0.225. The van der Waals surface area contributed by atoms with Gasteiger partial charge in [-0.2, -0.15) is 0 Å². The number of benzene rings is 4. The van der Waals surface area contributed by atoms with Crippen molar-refractivity contribution in [3.05, 3.63) is 161 Å². The first-order valence-electron chi connectivity index (χ1n) is 13.3. The summed E-state index contributed by atoms with van der Waals surface area (Å²) >= 11 is 5.01. The fraction of sp³-hybridized carbons (Fsp3) is 0.118. The van der Waals surface area contributed by atoms with Crippen molar-refractivity contribution in [1.82, 2.24) is 4.57 Å². The van der Waals surface area contributed by atoms with Crippen molar-refractivity contribution in [2.75, 3.05) is 0 Å². The molecule has 2 heterocycles. The predicted molar refractivity (Wildman–Crippen MR) is 164 cm³/mol. The maximum atomic E-state index is 14.1. The second-order valence-corrected chi connectivity index (χ2v) is 11.9. The highest BCUT2D eigenvalue weighted by Gasteiger charge is 2.32. The van der Waals surface area contributed by atoms with E-state index in [1.807, 2.05) is 77.4 Å². The van der Waals surface area contributed by atoms with E-state index >= 15 is 0 Å². The molecule has 0 saturated heterocycles. The third-order valence-electron chi connectivity index (χ3n) is 7.50. The molecule has 7 rings (SSSR count). The molecule has 196 valence electrons. The van der Waals surface area contributed by atoms with E-state index in [1.54, 1.807) is 0 Å². The minimum atomic E-state index is -0.195. The van der Waals surface area contributed by atoms with Crippen LogP contribution in [-0.2, 0) is 13.0 Å². The van der Waals surface area contributed by atoms with Crippen LogP contribution in [0.25, 0.3) is 11.8 Å². The fourth-order valence-corrected chi connectivity index (χ4v) is 6.83. The van der Waals surface area contributed by atoms with Crippen molar-refractivity contribution in [1.29, 1.82) is 0 Å². The maximum Gasteiger partial charge on any atom is 0.271 e. The predicted octanol–water partition coefficient (Wildman–Crippen LogP) is 6.66. The van der Waals surface area contributed by atoms with Gasteiger partial charge in [0.1, 0.15) is 12.4 Å². The van der Waals surface area contributed by atoms with E-state index in [9.17, 15) is 4.79 Å². The molecule has 4 aromatic carbocycles. The van der Waals surface area contributed by atoms with Gasteiger partial charge in [0.05, 0.1) is 16.3 Å². The summed E-state index contributed by atoms with van der Waals surface area (Å²) in [6, 6.07) is 34.6. The Hall–Kier alpha value is -4.00. The third kappa shape index (κ3) is 4.57. The van der Waals surface area contributed by atoms with Crippen molar-refractivity contribution in [3.8, 4) is 5.75 Å². The molecule has 2 aliphatic rings. The molecule has 1 aliphatic heterocycles. The molecule has 1 aromatic heterocycles. The van der Waals surface area contributed by atoms with Crippen molar-refractivity contribution in [2.45, 2.75) is 25.5 Å². The molecule has 4 nitrogen and oxygen atoms in total. The summed E-state index contributed by atoms with van der Waals surface area (Å²) in [6.07, 6.45) is 3.75. The molecule has 5 aromatic rings. The van der Waals surface area contributed by atoms with E-state index in [0.29, 0.717) is 11.1 Å². The van der Waals surface area contributed by atoms with Crippen LogP contribution in [0.4, 0.5) is 0 Å². The lowest BCUT2D eigenvalue weighted by Crippen LogP contribution is -2.38. The van der Waals surface area contributed by atoms with Crippen LogP contribution >= 0.6 is 27.3 Å². The Morgan fingerprint density at radius 1 is 0.900 bits per heavy atom. The van der Waals surface area contributed by atoms with Gasteiger partial charge < -0.3 is 4.74 Å². The van der Waals surface area contributed by atoms with Crippen LogP contribution in [0.2, 0.25) is 0 Å². The lowest BCUT2D eigenvalue weighted by molar-refractivity contribution is 0.305. The molecule has 0 spiro atoms. The van der Waals surface area contributed by atoms with E-state index in [0.717, 1.165) is 50.3 Å². The van der Waals surface area contributed by atoms with Gasteiger partial charge in [0, 0.05) is 15.6 Å². The zero-order chi connectivity index (χ0) is 27.1. The third-order valence-corrected chi connectivity index (χ3v) is 9.01. The van der Waals surface area contributed by atoms with Crippen LogP contribution < -0.4 is 19.6 Å². The lowest BCUT2D eigenvalue weighted by atomic mass is 9.83. The Morgan fingerprint density at radius 3 is 2.50 bits per heavy atom. The smallest absolute Gasteiger partial charge is 0.271 e. The molecule has 0 unspecified atom stereocenters. The number of allylic oxidation sites excluding steroid dienone is 1. The average Bonchev–Trinajstić information content (AvgIpc) is 3.30. The standard InChI is InChI=1S/C34H25BrN2O2S/c35-26-17-14-24(15-18-26)32-28-19-16-23-10-4-6-12-27(23)31(28)36-34-37(32)33(38)30(40-34)20-25-11-5-7-13-29(25)39-21-22-8-2-1-3-9-22/h1-15,17-18,20,32H,16,19,21H2/b30-20-/t32-/m0/s1. The van der Waals surface area contributed by atoms with Crippen molar-refractivity contribution >= 4 is 39.0 Å². The number of rotatable bonds is 5. The largest absolute Gasteiger partial charge is 0.488 e. The molecule has 0 fully saturated rings. The van der Waals surface area contributed by atoms with E-state index in [1.165, 1.54) is 28.0 Å². The maximum absolute atomic E-state index is 14.1. The fourth-order valence-electron chi connectivity index (χ4n) is 5.58. The van der Waals surface area contributed by atoms with Gasteiger partial charge in [0.15, 0.2) is 4.80 Å². The van der Waals surface area contributed by atoms with Gasteiger partial charge in [0.25, 0.3) is 5.56 Å². The number of fused-ring (bicyclic) bond motifs is 3. The SMILES string of the molecule is O=c1/c(=C/c2ccccc2OCc2ccccc2)sc2n1[C@@H](c1ccc(Br)cc1)C1=C(N=2)c2ccccc2CC1. The minimum absolute atomic E-state index is 0.0278. The molecule has 1 atom stereocenters. The summed E-state index contributed by atoms with van der Waals surface area (Å²) in [5.41, 5.74) is 7.71. The highest BCUT2D eigenvalue weighted by molar-refractivity contribution is 9.10. The Morgan fingerprint density at radius 2 is 1.65 bits per heavy atom. The summed E-state index contributed by atoms with van der Waals surface area (Å²) < 4.78 is 9.73. The van der Waals surface area contributed by atoms with E-state index in [2.05, 4.69) is 52.3 Å². The summed E-state index contributed by atoms with van der Waals surface area (Å²) in [4.78, 5) is 19.9. The van der Waals surface area contributed by atoms with Crippen LogP contribution in [0.3, 0.4) is 0 Å².